The number of rotatable bonds is 8. The topological polar surface area (TPSA) is 35.5 Å². The first kappa shape index (κ1) is 20.9. The predicted octanol–water partition coefficient (Wildman–Crippen LogP) is 4.81. The summed E-state index contributed by atoms with van der Waals surface area (Å²) in [6.45, 7) is 12.7. The molecule has 5 heteroatoms. The molecule has 0 N–H and O–H groups in total. The lowest BCUT2D eigenvalue weighted by atomic mass is 9.70. The van der Waals surface area contributed by atoms with Gasteiger partial charge in [-0.2, -0.15) is 0 Å². The van der Waals surface area contributed by atoms with E-state index in [0.717, 1.165) is 6.04 Å². The maximum Gasteiger partial charge on any atom is 0.318 e. The van der Waals surface area contributed by atoms with Crippen LogP contribution in [0.1, 0.15) is 80.1 Å². The van der Waals surface area contributed by atoms with Gasteiger partial charge in [0, 0.05) is 5.60 Å². The van der Waals surface area contributed by atoms with Gasteiger partial charge in [0.1, 0.15) is 0 Å². The van der Waals surface area contributed by atoms with Crippen molar-refractivity contribution < 1.29 is 13.6 Å². The number of carbonyl (C=O) groups is 1. The zero-order chi connectivity index (χ0) is 17.5. The third kappa shape index (κ3) is 7.52. The van der Waals surface area contributed by atoms with Crippen LogP contribution in [0.5, 0.6) is 0 Å². The molecule has 0 saturated heterocycles. The van der Waals surface area contributed by atoms with Crippen LogP contribution in [0.15, 0.2) is 0 Å². The van der Waals surface area contributed by atoms with E-state index in [1.807, 2.05) is 27.7 Å². The fraction of sp³-hybridized carbons (Fsp3) is 0.944. The Morgan fingerprint density at radius 2 is 1.78 bits per heavy atom. The van der Waals surface area contributed by atoms with E-state index in [1.54, 1.807) is 0 Å². The molecule has 132 valence electrons. The van der Waals surface area contributed by atoms with Gasteiger partial charge >= 0.3 is 9.76 Å². The molecule has 0 aromatic rings. The molecule has 0 amide bonds. The Balaban J connectivity index is 2.23. The van der Waals surface area contributed by atoms with Gasteiger partial charge in [0.05, 0.1) is 5.92 Å². The standard InChI is InChI=1S/C18H34O3Si2/c1-7-18(8-2)11-9-15(10-12-18)23-20-16(19)14(3)13-22-21-17(4,5)6/h14-15H,7-13H2,1-6H3. The van der Waals surface area contributed by atoms with Crippen molar-refractivity contribution in [2.45, 2.75) is 97.3 Å². The summed E-state index contributed by atoms with van der Waals surface area (Å²) < 4.78 is 11.3. The average molecular weight is 355 g/mol. The van der Waals surface area contributed by atoms with Crippen molar-refractivity contribution in [2.24, 2.45) is 11.3 Å². The molecule has 1 atom stereocenters. The zero-order valence-corrected chi connectivity index (χ0v) is 17.8. The first-order valence-corrected chi connectivity index (χ1v) is 11.2. The minimum absolute atomic E-state index is 0.0452. The van der Waals surface area contributed by atoms with Gasteiger partial charge in [-0.1, -0.05) is 33.6 Å². The zero-order valence-electron chi connectivity index (χ0n) is 15.8. The van der Waals surface area contributed by atoms with Gasteiger partial charge < -0.3 is 8.85 Å². The quantitative estimate of drug-likeness (QED) is 0.587. The highest BCUT2D eigenvalue weighted by atomic mass is 28.2. The summed E-state index contributed by atoms with van der Waals surface area (Å²) >= 11 is 0. The third-order valence-corrected chi connectivity index (χ3v) is 7.81. The first-order valence-electron chi connectivity index (χ1n) is 9.08. The molecule has 1 rings (SSSR count). The van der Waals surface area contributed by atoms with Crippen molar-refractivity contribution in [3.05, 3.63) is 0 Å². The van der Waals surface area contributed by atoms with Crippen molar-refractivity contribution in [2.75, 3.05) is 0 Å². The smallest absolute Gasteiger partial charge is 0.318 e. The third-order valence-electron chi connectivity index (χ3n) is 5.04. The van der Waals surface area contributed by atoms with Crippen LogP contribution in [0.4, 0.5) is 0 Å². The van der Waals surface area contributed by atoms with Gasteiger partial charge in [-0.25, -0.2) is 0 Å². The van der Waals surface area contributed by atoms with E-state index in [4.69, 9.17) is 8.85 Å². The largest absolute Gasteiger partial charge is 0.516 e. The summed E-state index contributed by atoms with van der Waals surface area (Å²) in [7, 11) is 0.702. The first-order chi connectivity index (χ1) is 10.7. The average Bonchev–Trinajstić information content (AvgIpc) is 2.51. The van der Waals surface area contributed by atoms with Crippen LogP contribution < -0.4 is 0 Å². The molecule has 0 heterocycles. The molecule has 1 fully saturated rings. The van der Waals surface area contributed by atoms with E-state index in [2.05, 4.69) is 13.8 Å². The summed E-state index contributed by atoms with van der Waals surface area (Å²) in [5, 5.41) is 0. The predicted molar refractivity (Wildman–Crippen MR) is 97.6 cm³/mol. The van der Waals surface area contributed by atoms with Crippen LogP contribution in [-0.4, -0.2) is 31.1 Å². The summed E-state index contributed by atoms with van der Waals surface area (Å²) in [5.74, 6) is -0.103. The summed E-state index contributed by atoms with van der Waals surface area (Å²) in [5.41, 5.74) is 1.02. The van der Waals surface area contributed by atoms with Gasteiger partial charge in [-0.15, -0.1) is 0 Å². The maximum atomic E-state index is 12.1. The Morgan fingerprint density at radius 3 is 2.26 bits per heavy atom. The summed E-state index contributed by atoms with van der Waals surface area (Å²) in [4.78, 5) is 12.1. The fourth-order valence-electron chi connectivity index (χ4n) is 3.01. The Bertz CT molecular complexity index is 352. The van der Waals surface area contributed by atoms with Crippen molar-refractivity contribution >= 4 is 25.5 Å². The SMILES string of the molecule is CCC1(CC)CCC([Si]OC(=O)C(C)C[Si]OC(C)(C)C)CC1. The second kappa shape index (κ2) is 9.37. The highest BCUT2D eigenvalue weighted by Gasteiger charge is 2.33. The molecule has 0 spiro atoms. The molecular weight excluding hydrogens is 320 g/mol. The van der Waals surface area contributed by atoms with Crippen LogP contribution in [-0.2, 0) is 13.6 Å². The Kier molecular flexibility index (Phi) is 8.52. The molecule has 3 nitrogen and oxygen atoms in total. The second-order valence-corrected chi connectivity index (χ2v) is 10.1. The van der Waals surface area contributed by atoms with Crippen molar-refractivity contribution in [1.29, 1.82) is 0 Å². The Labute approximate surface area is 148 Å². The van der Waals surface area contributed by atoms with Gasteiger partial charge in [-0.3, -0.25) is 4.79 Å². The summed E-state index contributed by atoms with van der Waals surface area (Å²) in [6, 6.07) is 0.764. The van der Waals surface area contributed by atoms with E-state index in [-0.39, 0.29) is 17.5 Å². The molecule has 4 radical (unpaired) electrons. The number of hydrogen-bond donors (Lipinski definition) is 0. The van der Waals surface area contributed by atoms with Gasteiger partial charge in [0.2, 0.25) is 9.76 Å². The fourth-order valence-corrected chi connectivity index (χ4v) is 4.96. The van der Waals surface area contributed by atoms with Crippen LogP contribution in [0.25, 0.3) is 0 Å². The molecule has 0 aromatic carbocycles. The monoisotopic (exact) mass is 354 g/mol. The van der Waals surface area contributed by atoms with Crippen LogP contribution >= 0.6 is 0 Å². The highest BCUT2D eigenvalue weighted by molar-refractivity contribution is 6.33. The van der Waals surface area contributed by atoms with E-state index < -0.39 is 0 Å². The molecule has 0 aliphatic heterocycles. The molecule has 0 aromatic heterocycles. The minimum atomic E-state index is -0.128. The lowest BCUT2D eigenvalue weighted by Crippen LogP contribution is -2.29. The lowest BCUT2D eigenvalue weighted by Gasteiger charge is -2.38. The Hall–Kier alpha value is -0.136. The van der Waals surface area contributed by atoms with Crippen molar-refractivity contribution in [3.63, 3.8) is 0 Å². The molecular formula is C18H34O3Si2. The van der Waals surface area contributed by atoms with Gasteiger partial charge in [0.25, 0.3) is 5.97 Å². The van der Waals surface area contributed by atoms with Crippen molar-refractivity contribution in [3.8, 4) is 0 Å². The van der Waals surface area contributed by atoms with Crippen molar-refractivity contribution in [1.82, 2.24) is 0 Å². The van der Waals surface area contributed by atoms with Gasteiger partial charge in [-0.05, 0) is 63.5 Å². The van der Waals surface area contributed by atoms with Crippen LogP contribution in [0, 0.1) is 11.3 Å². The molecule has 1 aliphatic carbocycles. The number of carbonyl (C=O) groups excluding carboxylic acids is 1. The van der Waals surface area contributed by atoms with E-state index in [0.29, 0.717) is 30.5 Å². The second-order valence-electron chi connectivity index (χ2n) is 7.98. The Morgan fingerprint density at radius 1 is 1.22 bits per heavy atom. The normalized spacial score (nSPS) is 20.3. The number of hydrogen-bond acceptors (Lipinski definition) is 3. The molecule has 0 bridgehead atoms. The molecule has 1 aliphatic rings. The highest BCUT2D eigenvalue weighted by Crippen LogP contribution is 2.45. The lowest BCUT2D eigenvalue weighted by molar-refractivity contribution is -0.138. The molecule has 23 heavy (non-hydrogen) atoms. The summed E-state index contributed by atoms with van der Waals surface area (Å²) in [6.07, 6.45) is 7.60. The maximum absolute atomic E-state index is 12.1. The van der Waals surface area contributed by atoms with E-state index in [9.17, 15) is 4.79 Å². The van der Waals surface area contributed by atoms with Crippen LogP contribution in [0.2, 0.25) is 11.6 Å². The van der Waals surface area contributed by atoms with Crippen LogP contribution in [0.3, 0.4) is 0 Å². The molecule has 1 saturated carbocycles. The van der Waals surface area contributed by atoms with E-state index in [1.165, 1.54) is 38.5 Å². The van der Waals surface area contributed by atoms with Gasteiger partial charge in [0.15, 0.2) is 0 Å². The minimum Gasteiger partial charge on any atom is -0.516 e. The molecule has 1 unspecified atom stereocenters. The van der Waals surface area contributed by atoms with E-state index >= 15 is 0 Å².